The summed E-state index contributed by atoms with van der Waals surface area (Å²) in [6, 6.07) is 4.79. The molecule has 8 nitrogen and oxygen atoms in total. The lowest BCUT2D eigenvalue weighted by molar-refractivity contribution is -0.385. The Bertz CT molecular complexity index is 704. The molecule has 1 aliphatic heterocycles. The Balaban J connectivity index is 2.42. The second-order valence-corrected chi connectivity index (χ2v) is 5.19. The molecule has 1 aromatic carbocycles. The van der Waals surface area contributed by atoms with Crippen LogP contribution in [0.5, 0.6) is 5.75 Å². The van der Waals surface area contributed by atoms with Gasteiger partial charge in [-0.25, -0.2) is 8.78 Å². The first kappa shape index (κ1) is 17.6. The lowest BCUT2D eigenvalue weighted by Gasteiger charge is -2.34. The molecule has 0 fully saturated rings. The van der Waals surface area contributed by atoms with E-state index < -0.39 is 48.4 Å². The van der Waals surface area contributed by atoms with Crippen LogP contribution in [0.2, 0.25) is 0 Å². The van der Waals surface area contributed by atoms with Crippen LogP contribution in [0, 0.1) is 21.4 Å². The Morgan fingerprint density at radius 2 is 2.29 bits per heavy atom. The van der Waals surface area contributed by atoms with Crippen LogP contribution >= 0.6 is 0 Å². The number of hydrogen-bond donors (Lipinski definition) is 1. The minimum absolute atomic E-state index is 0.0689. The maximum atomic E-state index is 14.5. The number of hydrogen-bond acceptors (Lipinski definition) is 6. The summed E-state index contributed by atoms with van der Waals surface area (Å²) in [6.07, 6.45) is -1.74. The number of nitro benzene ring substituents is 1. The van der Waals surface area contributed by atoms with Crippen molar-refractivity contribution in [3.8, 4) is 11.8 Å². The number of primary amides is 1. The largest absolute Gasteiger partial charge is 0.480 e. The second kappa shape index (κ2) is 6.76. The highest BCUT2D eigenvalue weighted by molar-refractivity contribution is 5.80. The van der Waals surface area contributed by atoms with Crippen molar-refractivity contribution in [3.63, 3.8) is 0 Å². The van der Waals surface area contributed by atoms with Crippen LogP contribution in [0.1, 0.15) is 17.9 Å². The number of nitro groups is 1. The molecule has 0 aliphatic carbocycles. The summed E-state index contributed by atoms with van der Waals surface area (Å²) in [4.78, 5) is 21.5. The van der Waals surface area contributed by atoms with Crippen LogP contribution in [0.25, 0.3) is 0 Å². The summed E-state index contributed by atoms with van der Waals surface area (Å²) >= 11 is 0. The highest BCUT2D eigenvalue weighted by atomic mass is 19.3. The number of fused-ring (bicyclic) bond motifs is 1. The van der Waals surface area contributed by atoms with E-state index in [0.717, 1.165) is 18.2 Å². The molecule has 0 spiro atoms. The molecule has 0 bridgehead atoms. The van der Waals surface area contributed by atoms with Gasteiger partial charge < -0.3 is 15.2 Å². The van der Waals surface area contributed by atoms with E-state index in [-0.39, 0.29) is 17.0 Å². The molecule has 1 aliphatic rings. The fourth-order valence-electron chi connectivity index (χ4n) is 2.48. The van der Waals surface area contributed by atoms with E-state index in [0.29, 0.717) is 0 Å². The van der Waals surface area contributed by atoms with Gasteiger partial charge >= 0.3 is 0 Å². The van der Waals surface area contributed by atoms with Crippen molar-refractivity contribution in [2.75, 3.05) is 13.2 Å². The molecule has 1 aromatic rings. The minimum Gasteiger partial charge on any atom is -0.480 e. The van der Waals surface area contributed by atoms with Gasteiger partial charge in [0.1, 0.15) is 19.0 Å². The van der Waals surface area contributed by atoms with E-state index in [9.17, 15) is 23.7 Å². The van der Waals surface area contributed by atoms with Crippen molar-refractivity contribution in [2.45, 2.75) is 24.4 Å². The zero-order chi connectivity index (χ0) is 17.9. The van der Waals surface area contributed by atoms with Gasteiger partial charge in [-0.1, -0.05) is 0 Å². The summed E-state index contributed by atoms with van der Waals surface area (Å²) in [5.74, 6) is -6.03. The molecule has 1 amide bonds. The van der Waals surface area contributed by atoms with Crippen LogP contribution in [0.3, 0.4) is 0 Å². The number of nitrogens with zero attached hydrogens (tertiary/aromatic N) is 2. The number of benzene rings is 1. The maximum Gasteiger partial charge on any atom is 0.278 e. The number of carbonyl (C=O) groups is 1. The van der Waals surface area contributed by atoms with Gasteiger partial charge in [0.25, 0.3) is 17.5 Å². The molecule has 0 saturated carbocycles. The smallest absolute Gasteiger partial charge is 0.278 e. The zero-order valence-corrected chi connectivity index (χ0v) is 12.3. The number of carbonyl (C=O) groups excluding carboxylic acids is 1. The molecule has 24 heavy (non-hydrogen) atoms. The van der Waals surface area contributed by atoms with Gasteiger partial charge in [0, 0.05) is 24.1 Å². The van der Waals surface area contributed by atoms with Crippen LogP contribution in [-0.2, 0) is 9.53 Å². The molecule has 2 N–H and O–H groups in total. The van der Waals surface area contributed by atoms with E-state index in [1.807, 2.05) is 0 Å². The van der Waals surface area contributed by atoms with Gasteiger partial charge in [0.05, 0.1) is 16.9 Å². The number of nitriles is 1. The Morgan fingerprint density at radius 3 is 2.88 bits per heavy atom. The third kappa shape index (κ3) is 3.57. The average Bonchev–Trinajstić information content (AvgIpc) is 2.53. The topological polar surface area (TPSA) is 128 Å². The van der Waals surface area contributed by atoms with Crippen LogP contribution in [0.15, 0.2) is 18.2 Å². The molecule has 1 heterocycles. The molecule has 128 valence electrons. The molecular weight excluding hydrogens is 328 g/mol. The van der Waals surface area contributed by atoms with E-state index >= 15 is 0 Å². The van der Waals surface area contributed by atoms with Crippen molar-refractivity contribution >= 4 is 11.6 Å². The Morgan fingerprint density at radius 1 is 1.58 bits per heavy atom. The summed E-state index contributed by atoms with van der Waals surface area (Å²) in [5.41, 5.74) is 4.65. The maximum absolute atomic E-state index is 14.5. The normalized spacial score (nSPS) is 19.7. The molecule has 0 saturated heterocycles. The third-order valence-corrected chi connectivity index (χ3v) is 3.59. The van der Waals surface area contributed by atoms with Crippen LogP contribution in [0.4, 0.5) is 14.5 Å². The van der Waals surface area contributed by atoms with E-state index in [1.165, 1.54) is 0 Å². The van der Waals surface area contributed by atoms with Crippen molar-refractivity contribution in [3.05, 3.63) is 33.9 Å². The van der Waals surface area contributed by atoms with E-state index in [4.69, 9.17) is 15.7 Å². The van der Waals surface area contributed by atoms with Crippen molar-refractivity contribution in [1.29, 1.82) is 5.26 Å². The summed E-state index contributed by atoms with van der Waals surface area (Å²) in [6.45, 7) is -1.60. The number of alkyl halides is 2. The minimum atomic E-state index is -3.47. The first-order valence-electron chi connectivity index (χ1n) is 6.83. The predicted molar refractivity (Wildman–Crippen MR) is 75.4 cm³/mol. The van der Waals surface area contributed by atoms with Crippen LogP contribution in [-0.4, -0.2) is 36.1 Å². The van der Waals surface area contributed by atoms with Gasteiger partial charge in [-0.2, -0.15) is 5.26 Å². The van der Waals surface area contributed by atoms with Gasteiger partial charge in [-0.3, -0.25) is 14.9 Å². The number of non-ortho nitro benzene ring substituents is 1. The van der Waals surface area contributed by atoms with Crippen molar-refractivity contribution < 1.29 is 28.0 Å². The summed E-state index contributed by atoms with van der Waals surface area (Å²) in [5, 5.41) is 19.2. The lowest BCUT2D eigenvalue weighted by Crippen LogP contribution is -2.43. The number of amides is 1. The number of halogens is 2. The third-order valence-electron chi connectivity index (χ3n) is 3.59. The second-order valence-electron chi connectivity index (χ2n) is 5.19. The van der Waals surface area contributed by atoms with Crippen LogP contribution < -0.4 is 10.5 Å². The quantitative estimate of drug-likeness (QED) is 0.474. The standard InChI is InChI=1S/C14H13F2N3O5/c15-14(16,7-23-4-3-17)10-6-12(13(18)20)24-11-2-1-8(19(21)22)5-9(10)11/h1-2,5,10,12H,4,6-7H2,(H2,18,20)/t10?,12-/m1/s1. The summed E-state index contributed by atoms with van der Waals surface area (Å²) in [7, 11) is 0. The average molecular weight is 341 g/mol. The fraction of sp³-hybridized carbons (Fsp3) is 0.429. The molecule has 2 rings (SSSR count). The molecular formula is C14H13F2N3O5. The number of rotatable bonds is 6. The van der Waals surface area contributed by atoms with Crippen molar-refractivity contribution in [1.82, 2.24) is 0 Å². The number of nitrogens with two attached hydrogens (primary N) is 1. The van der Waals surface area contributed by atoms with Gasteiger partial charge in [0.2, 0.25) is 0 Å². The Hall–Kier alpha value is -2.80. The first-order valence-corrected chi connectivity index (χ1v) is 6.83. The molecule has 0 aromatic heterocycles. The predicted octanol–water partition coefficient (Wildman–Crippen LogP) is 1.49. The van der Waals surface area contributed by atoms with E-state index in [1.54, 1.807) is 6.07 Å². The van der Waals surface area contributed by atoms with Crippen molar-refractivity contribution in [2.24, 2.45) is 5.73 Å². The summed E-state index contributed by atoms with van der Waals surface area (Å²) < 4.78 is 38.8. The van der Waals surface area contributed by atoms with Gasteiger partial charge in [-0.15, -0.1) is 0 Å². The van der Waals surface area contributed by atoms with Gasteiger partial charge in [-0.05, 0) is 6.07 Å². The first-order chi connectivity index (χ1) is 11.3. The zero-order valence-electron chi connectivity index (χ0n) is 12.3. The van der Waals surface area contributed by atoms with Gasteiger partial charge in [0.15, 0.2) is 6.10 Å². The Kier molecular flexibility index (Phi) is 4.94. The SMILES string of the molecule is N#CCOCC(F)(F)C1C[C@H](C(N)=O)Oc2ccc([N+](=O)[O-])cc21. The highest BCUT2D eigenvalue weighted by Crippen LogP contribution is 2.46. The van der Waals surface area contributed by atoms with E-state index in [2.05, 4.69) is 4.74 Å². The molecule has 0 radical (unpaired) electrons. The fourth-order valence-corrected chi connectivity index (χ4v) is 2.48. The number of ether oxygens (including phenoxy) is 2. The lowest BCUT2D eigenvalue weighted by atomic mass is 9.84. The Labute approximate surface area is 134 Å². The molecule has 10 heteroatoms. The monoisotopic (exact) mass is 341 g/mol. The highest BCUT2D eigenvalue weighted by Gasteiger charge is 2.47. The molecule has 2 atom stereocenters. The molecule has 1 unspecified atom stereocenters.